The van der Waals surface area contributed by atoms with Crippen molar-refractivity contribution >= 4 is 23.1 Å². The van der Waals surface area contributed by atoms with E-state index in [4.69, 9.17) is 0 Å². The predicted octanol–water partition coefficient (Wildman–Crippen LogP) is 5.00. The molecule has 3 rings (SSSR count). The van der Waals surface area contributed by atoms with E-state index in [2.05, 4.69) is 41.3 Å². The van der Waals surface area contributed by atoms with E-state index in [0.29, 0.717) is 6.54 Å². The number of carbonyl (C=O) groups excluding carboxylic acids is 1. The van der Waals surface area contributed by atoms with Crippen molar-refractivity contribution in [3.05, 3.63) is 51.7 Å². The molecule has 1 aromatic heterocycles. The van der Waals surface area contributed by atoms with Crippen LogP contribution in [-0.2, 0) is 5.41 Å². The number of benzene rings is 1. The topological polar surface area (TPSA) is 41.1 Å². The molecule has 2 amide bonds. The molecule has 3 nitrogen and oxygen atoms in total. The second-order valence-electron chi connectivity index (χ2n) is 6.61. The van der Waals surface area contributed by atoms with Crippen LogP contribution in [0.2, 0.25) is 0 Å². The number of rotatable bonds is 4. The van der Waals surface area contributed by atoms with Gasteiger partial charge >= 0.3 is 6.03 Å². The molecule has 1 aliphatic rings. The standard InChI is InChI=1S/C19H24N2OS/c1-14-5-6-17(11-15(14)2)21-18(22)20-13-19(8-3-4-9-19)16-7-10-23-12-16/h5-7,10-12H,3-4,8-9,13H2,1-2H3,(H2,20,21,22). The zero-order valence-corrected chi connectivity index (χ0v) is 14.6. The molecule has 1 heterocycles. The monoisotopic (exact) mass is 328 g/mol. The van der Waals surface area contributed by atoms with E-state index in [1.165, 1.54) is 29.5 Å². The maximum absolute atomic E-state index is 12.3. The van der Waals surface area contributed by atoms with Gasteiger partial charge in [-0.15, -0.1) is 0 Å². The highest BCUT2D eigenvalue weighted by atomic mass is 32.1. The molecule has 0 saturated heterocycles. The predicted molar refractivity (Wildman–Crippen MR) is 97.4 cm³/mol. The maximum Gasteiger partial charge on any atom is 0.319 e. The molecule has 0 radical (unpaired) electrons. The van der Waals surface area contributed by atoms with Crippen LogP contribution in [0.15, 0.2) is 35.0 Å². The fraction of sp³-hybridized carbons (Fsp3) is 0.421. The van der Waals surface area contributed by atoms with Gasteiger partial charge in [-0.3, -0.25) is 0 Å². The summed E-state index contributed by atoms with van der Waals surface area (Å²) >= 11 is 1.74. The van der Waals surface area contributed by atoms with Crippen molar-refractivity contribution in [1.29, 1.82) is 0 Å². The van der Waals surface area contributed by atoms with Crippen LogP contribution in [0.1, 0.15) is 42.4 Å². The van der Waals surface area contributed by atoms with Crippen LogP contribution < -0.4 is 10.6 Å². The van der Waals surface area contributed by atoms with E-state index in [-0.39, 0.29) is 11.4 Å². The van der Waals surface area contributed by atoms with Crippen molar-refractivity contribution in [2.24, 2.45) is 0 Å². The number of urea groups is 1. The number of carbonyl (C=O) groups is 1. The molecular weight excluding hydrogens is 304 g/mol. The molecule has 1 aliphatic carbocycles. The molecule has 0 atom stereocenters. The minimum atomic E-state index is -0.116. The Morgan fingerprint density at radius 3 is 2.61 bits per heavy atom. The Morgan fingerprint density at radius 1 is 1.17 bits per heavy atom. The Bertz CT molecular complexity index is 673. The van der Waals surface area contributed by atoms with Crippen molar-refractivity contribution < 1.29 is 4.79 Å². The van der Waals surface area contributed by atoms with Crippen LogP contribution in [-0.4, -0.2) is 12.6 Å². The van der Waals surface area contributed by atoms with E-state index >= 15 is 0 Å². The molecule has 1 saturated carbocycles. The molecule has 0 unspecified atom stereocenters. The first kappa shape index (κ1) is 16.1. The Labute approximate surface area is 142 Å². The number of hydrogen-bond donors (Lipinski definition) is 2. The summed E-state index contributed by atoms with van der Waals surface area (Å²) in [5, 5.41) is 10.4. The van der Waals surface area contributed by atoms with Gasteiger partial charge in [0.15, 0.2) is 0 Å². The molecule has 4 heteroatoms. The minimum absolute atomic E-state index is 0.116. The van der Waals surface area contributed by atoms with Crippen LogP contribution >= 0.6 is 11.3 Å². The smallest absolute Gasteiger partial charge is 0.319 e. The number of amides is 2. The molecule has 1 fully saturated rings. The minimum Gasteiger partial charge on any atom is -0.337 e. The van der Waals surface area contributed by atoms with Gasteiger partial charge in [0.05, 0.1) is 0 Å². The molecule has 0 spiro atoms. The van der Waals surface area contributed by atoms with Crippen LogP contribution in [0.4, 0.5) is 10.5 Å². The second kappa shape index (κ2) is 6.75. The van der Waals surface area contributed by atoms with Gasteiger partial charge in [-0.2, -0.15) is 11.3 Å². The summed E-state index contributed by atoms with van der Waals surface area (Å²) in [6.45, 7) is 4.84. The molecule has 1 aromatic carbocycles. The van der Waals surface area contributed by atoms with E-state index in [9.17, 15) is 4.79 Å². The lowest BCUT2D eigenvalue weighted by Crippen LogP contribution is -2.40. The number of nitrogens with one attached hydrogen (secondary N) is 2. The lowest BCUT2D eigenvalue weighted by molar-refractivity contribution is 0.248. The zero-order chi connectivity index (χ0) is 16.3. The molecule has 23 heavy (non-hydrogen) atoms. The average Bonchev–Trinajstić information content (AvgIpc) is 3.20. The van der Waals surface area contributed by atoms with Gasteiger partial charge in [-0.25, -0.2) is 4.79 Å². The van der Waals surface area contributed by atoms with E-state index in [0.717, 1.165) is 18.5 Å². The maximum atomic E-state index is 12.3. The highest BCUT2D eigenvalue weighted by Crippen LogP contribution is 2.41. The summed E-state index contributed by atoms with van der Waals surface area (Å²) in [6.07, 6.45) is 4.81. The zero-order valence-electron chi connectivity index (χ0n) is 13.8. The second-order valence-corrected chi connectivity index (χ2v) is 7.39. The number of aryl methyl sites for hydroxylation is 2. The van der Waals surface area contributed by atoms with Crippen molar-refractivity contribution in [3.8, 4) is 0 Å². The lowest BCUT2D eigenvalue weighted by atomic mass is 9.80. The first-order valence-electron chi connectivity index (χ1n) is 8.24. The normalized spacial score (nSPS) is 16.3. The van der Waals surface area contributed by atoms with Crippen LogP contribution in [0, 0.1) is 13.8 Å². The van der Waals surface area contributed by atoms with Gasteiger partial charge in [-0.1, -0.05) is 18.9 Å². The van der Waals surface area contributed by atoms with Gasteiger partial charge in [0, 0.05) is 17.6 Å². The molecule has 0 aliphatic heterocycles. The SMILES string of the molecule is Cc1ccc(NC(=O)NCC2(c3ccsc3)CCCC2)cc1C. The molecule has 2 aromatic rings. The number of hydrogen-bond acceptors (Lipinski definition) is 2. The first-order valence-corrected chi connectivity index (χ1v) is 9.18. The van der Waals surface area contributed by atoms with Crippen LogP contribution in [0.5, 0.6) is 0 Å². The summed E-state index contributed by atoms with van der Waals surface area (Å²) in [4.78, 5) is 12.3. The lowest BCUT2D eigenvalue weighted by Gasteiger charge is -2.28. The van der Waals surface area contributed by atoms with Gasteiger partial charge < -0.3 is 10.6 Å². The Kier molecular flexibility index (Phi) is 4.71. The fourth-order valence-corrected chi connectivity index (χ4v) is 4.21. The van der Waals surface area contributed by atoms with Gasteiger partial charge in [0.1, 0.15) is 0 Å². The Hall–Kier alpha value is -1.81. The quantitative estimate of drug-likeness (QED) is 0.815. The third-order valence-electron chi connectivity index (χ3n) is 5.05. The number of anilines is 1. The van der Waals surface area contributed by atoms with Crippen molar-refractivity contribution in [3.63, 3.8) is 0 Å². The van der Waals surface area contributed by atoms with E-state index in [1.54, 1.807) is 11.3 Å². The Morgan fingerprint density at radius 2 is 1.96 bits per heavy atom. The van der Waals surface area contributed by atoms with E-state index < -0.39 is 0 Å². The first-order chi connectivity index (χ1) is 11.1. The van der Waals surface area contributed by atoms with Crippen LogP contribution in [0.3, 0.4) is 0 Å². The van der Waals surface area contributed by atoms with Crippen molar-refractivity contribution in [2.75, 3.05) is 11.9 Å². The summed E-state index contributed by atoms with van der Waals surface area (Å²) in [5.74, 6) is 0. The summed E-state index contributed by atoms with van der Waals surface area (Å²) in [6, 6.07) is 8.09. The molecule has 0 bridgehead atoms. The fourth-order valence-electron chi connectivity index (χ4n) is 3.43. The highest BCUT2D eigenvalue weighted by molar-refractivity contribution is 7.08. The molecule has 2 N–H and O–H groups in total. The molecule has 122 valence electrons. The average molecular weight is 328 g/mol. The highest BCUT2D eigenvalue weighted by Gasteiger charge is 2.36. The van der Waals surface area contributed by atoms with Crippen LogP contribution in [0.25, 0.3) is 0 Å². The van der Waals surface area contributed by atoms with Gasteiger partial charge in [0.2, 0.25) is 0 Å². The summed E-state index contributed by atoms with van der Waals surface area (Å²) < 4.78 is 0. The van der Waals surface area contributed by atoms with Gasteiger partial charge in [-0.05, 0) is 72.3 Å². The summed E-state index contributed by atoms with van der Waals surface area (Å²) in [5.41, 5.74) is 4.78. The van der Waals surface area contributed by atoms with Crippen molar-refractivity contribution in [1.82, 2.24) is 5.32 Å². The molecular formula is C19H24N2OS. The largest absolute Gasteiger partial charge is 0.337 e. The third kappa shape index (κ3) is 3.58. The Balaban J connectivity index is 1.62. The van der Waals surface area contributed by atoms with Crippen molar-refractivity contribution in [2.45, 2.75) is 44.9 Å². The summed E-state index contributed by atoms with van der Waals surface area (Å²) in [7, 11) is 0. The van der Waals surface area contributed by atoms with Gasteiger partial charge in [0.25, 0.3) is 0 Å². The third-order valence-corrected chi connectivity index (χ3v) is 5.73. The number of thiophene rings is 1. The van der Waals surface area contributed by atoms with E-state index in [1.807, 2.05) is 18.2 Å².